The number of hydrogen-bond donors (Lipinski definition) is 3. The average molecular weight is 255 g/mol. The van der Waals surface area contributed by atoms with Crippen LogP contribution < -0.4 is 5.32 Å². The zero-order chi connectivity index (χ0) is 14.5. The number of allylic oxidation sites excluding steroid dienone is 1. The molecule has 0 fully saturated rings. The Morgan fingerprint density at radius 2 is 1.61 bits per heavy atom. The lowest BCUT2D eigenvalue weighted by Crippen LogP contribution is -2.36. The third kappa shape index (κ3) is 5.69. The third-order valence-electron chi connectivity index (χ3n) is 3.37. The number of nitrogens with one attached hydrogen (secondary N) is 1. The first-order valence-electron chi connectivity index (χ1n) is 6.63. The predicted molar refractivity (Wildman–Crippen MR) is 76.9 cm³/mol. The largest absolute Gasteiger partial charge is 0.382 e. The topological polar surface area (TPSA) is 52.5 Å². The summed E-state index contributed by atoms with van der Waals surface area (Å²) in [5.41, 5.74) is 2.03. The van der Waals surface area contributed by atoms with Gasteiger partial charge in [0, 0.05) is 17.7 Å². The van der Waals surface area contributed by atoms with Crippen LogP contribution in [0, 0.1) is 17.8 Å². The highest BCUT2D eigenvalue weighted by Gasteiger charge is 2.20. The zero-order valence-corrected chi connectivity index (χ0v) is 12.4. The fourth-order valence-electron chi connectivity index (χ4n) is 2.02. The molecule has 0 aromatic heterocycles. The van der Waals surface area contributed by atoms with Gasteiger partial charge >= 0.3 is 0 Å². The number of hydrogen-bond acceptors (Lipinski definition) is 3. The van der Waals surface area contributed by atoms with Crippen LogP contribution in [0.1, 0.15) is 41.0 Å². The summed E-state index contributed by atoms with van der Waals surface area (Å²) < 4.78 is 0. The smallest absolute Gasteiger partial charge is 0.154 e. The highest BCUT2D eigenvalue weighted by atomic mass is 16.5. The van der Waals surface area contributed by atoms with Crippen molar-refractivity contribution in [2.75, 3.05) is 0 Å². The Morgan fingerprint density at radius 1 is 1.11 bits per heavy atom. The Labute approximate surface area is 112 Å². The van der Waals surface area contributed by atoms with Crippen LogP contribution in [0.15, 0.2) is 24.4 Å². The molecule has 0 saturated heterocycles. The Hall–Kier alpha value is -0.800. The molecular formula is C15H29NO2. The second-order valence-electron chi connectivity index (χ2n) is 5.77. The molecule has 0 amide bonds. The minimum atomic E-state index is -1.26. The summed E-state index contributed by atoms with van der Waals surface area (Å²) in [4.78, 5) is 0. The number of rotatable bonds is 8. The minimum absolute atomic E-state index is 0.152. The highest BCUT2D eigenvalue weighted by molar-refractivity contribution is 5.10. The maximum Gasteiger partial charge on any atom is 0.154 e. The van der Waals surface area contributed by atoms with Gasteiger partial charge in [0.2, 0.25) is 0 Å². The van der Waals surface area contributed by atoms with Gasteiger partial charge in [-0.3, -0.25) is 0 Å². The van der Waals surface area contributed by atoms with Crippen molar-refractivity contribution in [2.24, 2.45) is 17.8 Å². The van der Waals surface area contributed by atoms with E-state index in [-0.39, 0.29) is 17.9 Å². The molecule has 3 heteroatoms. The van der Waals surface area contributed by atoms with Gasteiger partial charge in [0.15, 0.2) is 6.29 Å². The quantitative estimate of drug-likeness (QED) is 0.462. The fourth-order valence-corrected chi connectivity index (χ4v) is 2.02. The monoisotopic (exact) mass is 255 g/mol. The summed E-state index contributed by atoms with van der Waals surface area (Å²) in [6.45, 7) is 18.2. The van der Waals surface area contributed by atoms with Crippen LogP contribution in [0.2, 0.25) is 0 Å². The van der Waals surface area contributed by atoms with Crippen LogP contribution in [-0.2, 0) is 0 Å². The molecule has 0 heterocycles. The fraction of sp³-hybridized carbons (Fsp3) is 0.733. The van der Waals surface area contributed by atoms with Crippen LogP contribution in [0.4, 0.5) is 0 Å². The second kappa shape index (κ2) is 7.59. The highest BCUT2D eigenvalue weighted by Crippen LogP contribution is 2.21. The first-order valence-corrected chi connectivity index (χ1v) is 6.63. The van der Waals surface area contributed by atoms with E-state index < -0.39 is 6.29 Å². The number of aliphatic hydroxyl groups is 2. The molecule has 3 N–H and O–H groups in total. The maximum absolute atomic E-state index is 9.10. The van der Waals surface area contributed by atoms with Crippen molar-refractivity contribution >= 4 is 0 Å². The predicted octanol–water partition coefficient (Wildman–Crippen LogP) is 2.66. The molecule has 0 aliphatic heterocycles. The van der Waals surface area contributed by atoms with E-state index in [4.69, 9.17) is 10.2 Å². The van der Waals surface area contributed by atoms with Crippen LogP contribution in [0.3, 0.4) is 0 Å². The van der Waals surface area contributed by atoms with E-state index in [0.717, 1.165) is 11.3 Å². The molecule has 0 bridgehead atoms. The standard InChI is InChI=1S/C15H29NO2/c1-9(2)14(10(3)4)16-13(7)11(5)8-12(6)15(17)18/h10-12,14-18H,1,7-8H2,2-6H3/t11?,12-,14-/m0/s1. The lowest BCUT2D eigenvalue weighted by atomic mass is 9.92. The Morgan fingerprint density at radius 3 is 1.94 bits per heavy atom. The van der Waals surface area contributed by atoms with Gasteiger partial charge in [-0.15, -0.1) is 0 Å². The Kier molecular flexibility index (Phi) is 7.26. The molecule has 0 rings (SSSR count). The SMILES string of the molecule is C=C(N[C@@H](C(=C)C)C(C)C)C(C)C[C@H](C)C(O)O. The lowest BCUT2D eigenvalue weighted by molar-refractivity contribution is -0.0827. The summed E-state index contributed by atoms with van der Waals surface area (Å²) >= 11 is 0. The molecule has 0 aromatic rings. The van der Waals surface area contributed by atoms with Gasteiger partial charge in [-0.1, -0.05) is 46.4 Å². The molecule has 0 aliphatic carbocycles. The van der Waals surface area contributed by atoms with Crippen molar-refractivity contribution < 1.29 is 10.2 Å². The van der Waals surface area contributed by atoms with Gasteiger partial charge in [-0.05, 0) is 25.2 Å². The molecule has 0 spiro atoms. The van der Waals surface area contributed by atoms with Gasteiger partial charge in [0.05, 0.1) is 0 Å². The van der Waals surface area contributed by atoms with Crippen molar-refractivity contribution in [2.45, 2.75) is 53.4 Å². The second-order valence-corrected chi connectivity index (χ2v) is 5.77. The lowest BCUT2D eigenvalue weighted by Gasteiger charge is -2.29. The van der Waals surface area contributed by atoms with Crippen LogP contribution in [0.25, 0.3) is 0 Å². The third-order valence-corrected chi connectivity index (χ3v) is 3.37. The van der Waals surface area contributed by atoms with E-state index in [2.05, 4.69) is 32.3 Å². The Balaban J connectivity index is 4.42. The van der Waals surface area contributed by atoms with Crippen LogP contribution in [-0.4, -0.2) is 22.5 Å². The molecule has 0 aromatic carbocycles. The van der Waals surface area contributed by atoms with Crippen molar-refractivity contribution in [3.8, 4) is 0 Å². The Bertz CT molecular complexity index is 284. The summed E-state index contributed by atoms with van der Waals surface area (Å²) in [6, 6.07) is 0.217. The minimum Gasteiger partial charge on any atom is -0.382 e. The molecule has 3 atom stereocenters. The van der Waals surface area contributed by atoms with E-state index in [1.165, 1.54) is 0 Å². The molecule has 18 heavy (non-hydrogen) atoms. The summed E-state index contributed by atoms with van der Waals surface area (Å²) in [7, 11) is 0. The number of aliphatic hydroxyl groups excluding tert-OH is 1. The maximum atomic E-state index is 9.10. The van der Waals surface area contributed by atoms with Gasteiger partial charge in [0.1, 0.15) is 0 Å². The van der Waals surface area contributed by atoms with Gasteiger partial charge in [0.25, 0.3) is 0 Å². The summed E-state index contributed by atoms with van der Waals surface area (Å²) in [6.07, 6.45) is -0.563. The molecular weight excluding hydrogens is 226 g/mol. The first-order chi connectivity index (χ1) is 8.16. The van der Waals surface area contributed by atoms with Gasteiger partial charge in [-0.2, -0.15) is 0 Å². The van der Waals surface area contributed by atoms with E-state index in [0.29, 0.717) is 12.3 Å². The van der Waals surface area contributed by atoms with E-state index in [9.17, 15) is 0 Å². The van der Waals surface area contributed by atoms with Crippen molar-refractivity contribution in [3.05, 3.63) is 24.4 Å². The molecule has 3 nitrogen and oxygen atoms in total. The molecule has 0 radical (unpaired) electrons. The van der Waals surface area contributed by atoms with E-state index in [1.54, 1.807) is 0 Å². The normalized spacial score (nSPS) is 16.5. The zero-order valence-electron chi connectivity index (χ0n) is 12.4. The summed E-state index contributed by atoms with van der Waals surface area (Å²) in [5, 5.41) is 21.6. The molecule has 106 valence electrons. The van der Waals surface area contributed by atoms with Crippen molar-refractivity contribution in [3.63, 3.8) is 0 Å². The van der Waals surface area contributed by atoms with Gasteiger partial charge in [-0.25, -0.2) is 0 Å². The van der Waals surface area contributed by atoms with Crippen molar-refractivity contribution in [1.82, 2.24) is 5.32 Å². The van der Waals surface area contributed by atoms with E-state index in [1.807, 2.05) is 20.8 Å². The first kappa shape index (κ1) is 17.2. The summed E-state index contributed by atoms with van der Waals surface area (Å²) in [5.74, 6) is 0.496. The molecule has 1 unspecified atom stereocenters. The van der Waals surface area contributed by atoms with E-state index >= 15 is 0 Å². The average Bonchev–Trinajstić information content (AvgIpc) is 2.23. The van der Waals surface area contributed by atoms with Crippen LogP contribution in [0.5, 0.6) is 0 Å². The molecule has 0 saturated carbocycles. The van der Waals surface area contributed by atoms with Crippen LogP contribution >= 0.6 is 0 Å². The molecule has 0 aliphatic rings. The van der Waals surface area contributed by atoms with Crippen molar-refractivity contribution in [1.29, 1.82) is 0 Å². The van der Waals surface area contributed by atoms with Gasteiger partial charge < -0.3 is 15.5 Å².